The third kappa shape index (κ3) is 10.2. The van der Waals surface area contributed by atoms with Gasteiger partial charge in [-0.2, -0.15) is 0 Å². The Morgan fingerprint density at radius 1 is 0.902 bits per heavy atom. The lowest BCUT2D eigenvalue weighted by atomic mass is 10.0. The van der Waals surface area contributed by atoms with Crippen LogP contribution in [-0.2, 0) is 11.3 Å². The highest BCUT2D eigenvalue weighted by atomic mass is 16.2. The molecule has 2 aromatic carbocycles. The summed E-state index contributed by atoms with van der Waals surface area (Å²) in [4.78, 5) is 42.5. The normalized spacial score (nSPS) is 15.3. The zero-order chi connectivity index (χ0) is 29.5. The van der Waals surface area contributed by atoms with E-state index in [9.17, 15) is 14.4 Å². The zero-order valence-electron chi connectivity index (χ0n) is 25.4. The van der Waals surface area contributed by atoms with Gasteiger partial charge in [0.15, 0.2) is 0 Å². The molecule has 0 saturated carbocycles. The molecule has 3 rings (SSSR count). The van der Waals surface area contributed by atoms with E-state index >= 15 is 0 Å². The van der Waals surface area contributed by atoms with E-state index in [4.69, 9.17) is 0 Å². The van der Waals surface area contributed by atoms with Crippen LogP contribution in [0, 0.1) is 0 Å². The van der Waals surface area contributed by atoms with E-state index in [-0.39, 0.29) is 17.8 Å². The number of nitrogens with zero attached hydrogens (tertiary/aromatic N) is 2. The Morgan fingerprint density at radius 3 is 2.37 bits per heavy atom. The summed E-state index contributed by atoms with van der Waals surface area (Å²) >= 11 is 0. The quantitative estimate of drug-likeness (QED) is 0.235. The van der Waals surface area contributed by atoms with Gasteiger partial charge in [-0.05, 0) is 67.0 Å². The van der Waals surface area contributed by atoms with Gasteiger partial charge < -0.3 is 20.4 Å². The van der Waals surface area contributed by atoms with Crippen molar-refractivity contribution >= 4 is 17.8 Å². The minimum atomic E-state index is -0.461. The summed E-state index contributed by atoms with van der Waals surface area (Å²) in [7, 11) is 1.66. The van der Waals surface area contributed by atoms with Crippen molar-refractivity contribution in [2.24, 2.45) is 0 Å². The van der Waals surface area contributed by atoms with Gasteiger partial charge in [-0.15, -0.1) is 0 Å². The number of carbonyl (C=O) groups is 3. The maximum atomic E-state index is 13.2. The average molecular weight is 563 g/mol. The van der Waals surface area contributed by atoms with Gasteiger partial charge in [0.05, 0.1) is 0 Å². The van der Waals surface area contributed by atoms with Crippen molar-refractivity contribution in [1.29, 1.82) is 0 Å². The van der Waals surface area contributed by atoms with E-state index in [1.165, 1.54) is 25.7 Å². The summed E-state index contributed by atoms with van der Waals surface area (Å²) in [6.07, 6.45) is 11.8. The van der Waals surface area contributed by atoms with Crippen molar-refractivity contribution < 1.29 is 14.4 Å². The number of nitrogens with one attached hydrogen (secondary N) is 2. The minimum Gasteiger partial charge on any atom is -0.341 e. The molecule has 1 fully saturated rings. The summed E-state index contributed by atoms with van der Waals surface area (Å²) in [6, 6.07) is 15.2. The third-order valence-electron chi connectivity index (χ3n) is 7.93. The summed E-state index contributed by atoms with van der Waals surface area (Å²) in [5.41, 5.74) is 3.64. The van der Waals surface area contributed by atoms with E-state index in [0.29, 0.717) is 25.1 Å². The lowest BCUT2D eigenvalue weighted by molar-refractivity contribution is -0.132. The fourth-order valence-electron chi connectivity index (χ4n) is 5.43. The van der Waals surface area contributed by atoms with E-state index in [1.54, 1.807) is 7.05 Å². The molecule has 1 aliphatic rings. The summed E-state index contributed by atoms with van der Waals surface area (Å²) in [6.45, 7) is 7.16. The maximum Gasteiger partial charge on any atom is 0.317 e. The van der Waals surface area contributed by atoms with E-state index in [0.717, 1.165) is 68.3 Å². The molecule has 0 bridgehead atoms. The van der Waals surface area contributed by atoms with Gasteiger partial charge >= 0.3 is 6.03 Å². The largest absolute Gasteiger partial charge is 0.341 e. The molecule has 224 valence electrons. The van der Waals surface area contributed by atoms with Gasteiger partial charge in [-0.3, -0.25) is 9.59 Å². The first kappa shape index (κ1) is 32.2. The molecule has 1 atom stereocenters. The monoisotopic (exact) mass is 562 g/mol. The van der Waals surface area contributed by atoms with Crippen LogP contribution < -0.4 is 10.6 Å². The summed E-state index contributed by atoms with van der Waals surface area (Å²) in [5, 5.41) is 5.76. The SMILES string of the molecule is CCCCCCCCN1CCCC[C@H](NC(=O)c2ccc(-c3cccc(CN(CCCC)C(=O)NC)c3)cc2)C1=O. The van der Waals surface area contributed by atoms with Crippen LogP contribution in [0.15, 0.2) is 48.5 Å². The molecule has 0 radical (unpaired) electrons. The molecule has 1 aliphatic heterocycles. The van der Waals surface area contributed by atoms with Crippen molar-refractivity contribution in [1.82, 2.24) is 20.4 Å². The van der Waals surface area contributed by atoms with Crippen LogP contribution in [0.5, 0.6) is 0 Å². The van der Waals surface area contributed by atoms with E-state index in [2.05, 4.69) is 30.5 Å². The van der Waals surface area contributed by atoms with Crippen LogP contribution in [0.1, 0.15) is 100 Å². The van der Waals surface area contributed by atoms with Crippen LogP contribution >= 0.6 is 0 Å². The highest BCUT2D eigenvalue weighted by Crippen LogP contribution is 2.22. The Morgan fingerprint density at radius 2 is 1.63 bits per heavy atom. The van der Waals surface area contributed by atoms with Gasteiger partial charge in [0.1, 0.15) is 6.04 Å². The van der Waals surface area contributed by atoms with E-state index < -0.39 is 6.04 Å². The van der Waals surface area contributed by atoms with Crippen molar-refractivity contribution in [3.63, 3.8) is 0 Å². The van der Waals surface area contributed by atoms with Crippen molar-refractivity contribution in [2.75, 3.05) is 26.7 Å². The first-order valence-corrected chi connectivity index (χ1v) is 15.7. The predicted molar refractivity (Wildman–Crippen MR) is 167 cm³/mol. The van der Waals surface area contributed by atoms with Crippen LogP contribution in [-0.4, -0.2) is 60.4 Å². The lowest BCUT2D eigenvalue weighted by Gasteiger charge is -2.25. The zero-order valence-corrected chi connectivity index (χ0v) is 25.4. The van der Waals surface area contributed by atoms with Gasteiger partial charge in [0, 0.05) is 38.8 Å². The van der Waals surface area contributed by atoms with Crippen molar-refractivity contribution in [3.05, 3.63) is 59.7 Å². The first-order chi connectivity index (χ1) is 20.0. The van der Waals surface area contributed by atoms with Gasteiger partial charge in [-0.1, -0.05) is 82.7 Å². The molecule has 2 aromatic rings. The van der Waals surface area contributed by atoms with Crippen molar-refractivity contribution in [2.45, 2.75) is 97.1 Å². The molecule has 1 heterocycles. The van der Waals surface area contributed by atoms with Crippen LogP contribution in [0.2, 0.25) is 0 Å². The number of amides is 4. The molecule has 7 nitrogen and oxygen atoms in total. The first-order valence-electron chi connectivity index (χ1n) is 15.7. The third-order valence-corrected chi connectivity index (χ3v) is 7.93. The van der Waals surface area contributed by atoms with Gasteiger partial charge in [-0.25, -0.2) is 4.79 Å². The number of rotatable bonds is 15. The minimum absolute atomic E-state index is 0.0579. The molecular weight excluding hydrogens is 512 g/mol. The maximum absolute atomic E-state index is 13.2. The highest BCUT2D eigenvalue weighted by Gasteiger charge is 2.28. The van der Waals surface area contributed by atoms with Crippen LogP contribution in [0.3, 0.4) is 0 Å². The fourth-order valence-corrected chi connectivity index (χ4v) is 5.43. The predicted octanol–water partition coefficient (Wildman–Crippen LogP) is 6.77. The molecule has 2 N–H and O–H groups in total. The molecule has 0 aromatic heterocycles. The number of urea groups is 1. The van der Waals surface area contributed by atoms with Crippen LogP contribution in [0.25, 0.3) is 11.1 Å². The molecule has 7 heteroatoms. The average Bonchev–Trinajstić information content (AvgIpc) is 3.17. The fraction of sp³-hybridized carbons (Fsp3) is 0.559. The topological polar surface area (TPSA) is 81.8 Å². The number of hydrogen-bond donors (Lipinski definition) is 2. The van der Waals surface area contributed by atoms with Crippen molar-refractivity contribution in [3.8, 4) is 11.1 Å². The number of carbonyl (C=O) groups excluding carboxylic acids is 3. The second kappa shape index (κ2) is 17.5. The number of benzene rings is 2. The Bertz CT molecular complexity index is 1100. The number of hydrogen-bond acceptors (Lipinski definition) is 3. The molecule has 0 spiro atoms. The van der Waals surface area contributed by atoms with Gasteiger partial charge in [0.25, 0.3) is 5.91 Å². The Balaban J connectivity index is 1.59. The van der Waals surface area contributed by atoms with Gasteiger partial charge in [0.2, 0.25) is 5.91 Å². The smallest absolute Gasteiger partial charge is 0.317 e. The molecule has 0 aliphatic carbocycles. The van der Waals surface area contributed by atoms with E-state index in [1.807, 2.05) is 52.3 Å². The molecule has 1 saturated heterocycles. The summed E-state index contributed by atoms with van der Waals surface area (Å²) in [5.74, 6) is -0.148. The Kier molecular flexibility index (Phi) is 13.7. The molecule has 41 heavy (non-hydrogen) atoms. The molecule has 4 amide bonds. The molecular formula is C34H50N4O3. The number of likely N-dealkylation sites (tertiary alicyclic amines) is 1. The Labute approximate surface area is 247 Å². The highest BCUT2D eigenvalue weighted by molar-refractivity contribution is 5.98. The van der Waals surface area contributed by atoms with Crippen LogP contribution in [0.4, 0.5) is 4.79 Å². The number of unbranched alkanes of at least 4 members (excludes halogenated alkanes) is 6. The Hall–Kier alpha value is -3.35. The standard InChI is InChI=1S/C34H50N4O3/c1-4-6-8-9-10-12-23-37-24-13-11-17-31(33(37)40)36-32(39)29-20-18-28(19-21-29)30-16-14-15-27(25-30)26-38(22-7-5-2)34(41)35-3/h14-16,18-21,25,31H,4-13,17,22-24,26H2,1-3H3,(H,35,41)(H,36,39)/t31-/m0/s1. The molecule has 0 unspecified atom stereocenters. The second-order valence-electron chi connectivity index (χ2n) is 11.2. The summed E-state index contributed by atoms with van der Waals surface area (Å²) < 4.78 is 0. The second-order valence-corrected chi connectivity index (χ2v) is 11.2. The lowest BCUT2D eigenvalue weighted by Crippen LogP contribution is -2.47.